The summed E-state index contributed by atoms with van der Waals surface area (Å²) in [6.45, 7) is 8.33. The second-order valence-electron chi connectivity index (χ2n) is 4.62. The molecule has 1 aromatic rings. The predicted octanol–water partition coefficient (Wildman–Crippen LogP) is 2.16. The molecule has 0 aliphatic carbocycles. The molecule has 1 heterocycles. The summed E-state index contributed by atoms with van der Waals surface area (Å²) >= 11 is 0. The molecule has 5 nitrogen and oxygen atoms in total. The quantitative estimate of drug-likeness (QED) is 0.815. The van der Waals surface area contributed by atoms with Gasteiger partial charge in [-0.15, -0.1) is 0 Å². The van der Waals surface area contributed by atoms with Gasteiger partial charge in [0.05, 0.1) is 5.56 Å². The van der Waals surface area contributed by atoms with Crippen molar-refractivity contribution in [2.75, 3.05) is 6.61 Å². The van der Waals surface area contributed by atoms with Gasteiger partial charge in [-0.05, 0) is 19.3 Å². The maximum atomic E-state index is 11.9. The van der Waals surface area contributed by atoms with Gasteiger partial charge in [0.15, 0.2) is 0 Å². The van der Waals surface area contributed by atoms with E-state index in [0.717, 1.165) is 6.42 Å². The molecule has 2 N–H and O–H groups in total. The van der Waals surface area contributed by atoms with Gasteiger partial charge in [-0.2, -0.15) is 4.98 Å². The van der Waals surface area contributed by atoms with Gasteiger partial charge in [0.25, 0.3) is 5.56 Å². The number of H-pyrrole nitrogens is 1. The van der Waals surface area contributed by atoms with Gasteiger partial charge in [0, 0.05) is 6.61 Å². The Kier molecular flexibility index (Phi) is 5.34. The van der Waals surface area contributed by atoms with E-state index in [2.05, 4.69) is 9.97 Å². The molecule has 0 aliphatic rings. The third-order valence-electron chi connectivity index (χ3n) is 2.73. The fraction of sp³-hybridized carbons (Fsp3) is 0.692. The molecule has 0 radical (unpaired) electrons. The molecule has 1 aromatic heterocycles. The highest BCUT2D eigenvalue weighted by Gasteiger charge is 2.21. The summed E-state index contributed by atoms with van der Waals surface area (Å²) < 4.78 is 5.56. The molecule has 18 heavy (non-hydrogen) atoms. The minimum Gasteiger partial charge on any atom is -0.493 e. The van der Waals surface area contributed by atoms with Crippen molar-refractivity contribution in [2.24, 2.45) is 5.92 Å². The van der Waals surface area contributed by atoms with E-state index in [-0.39, 0.29) is 23.5 Å². The summed E-state index contributed by atoms with van der Waals surface area (Å²) in [6, 6.07) is 0. The lowest BCUT2D eigenvalue weighted by atomic mass is 10.1. The van der Waals surface area contributed by atoms with E-state index in [4.69, 9.17) is 4.74 Å². The lowest BCUT2D eigenvalue weighted by molar-refractivity contribution is 0.0226. The van der Waals surface area contributed by atoms with Crippen molar-refractivity contribution in [2.45, 2.75) is 46.6 Å². The highest BCUT2D eigenvalue weighted by Crippen LogP contribution is 2.24. The van der Waals surface area contributed by atoms with E-state index in [1.165, 1.54) is 0 Å². The van der Waals surface area contributed by atoms with Crippen LogP contribution in [0.4, 0.5) is 0 Å². The van der Waals surface area contributed by atoms with Crippen LogP contribution < -0.4 is 5.56 Å². The van der Waals surface area contributed by atoms with Crippen LogP contribution in [0.2, 0.25) is 0 Å². The first-order valence-electron chi connectivity index (χ1n) is 6.44. The number of aromatic nitrogens is 2. The molecule has 1 atom stereocenters. The molecule has 0 fully saturated rings. The summed E-state index contributed by atoms with van der Waals surface area (Å²) in [6.07, 6.45) is 1.01. The molecule has 1 rings (SSSR count). The number of hydrogen-bond acceptors (Lipinski definition) is 4. The summed E-state index contributed by atoms with van der Waals surface area (Å²) in [5, 5.41) is 9.82. The van der Waals surface area contributed by atoms with Crippen LogP contribution in [0.15, 0.2) is 4.79 Å². The summed E-state index contributed by atoms with van der Waals surface area (Å²) in [7, 11) is 0. The van der Waals surface area contributed by atoms with Crippen LogP contribution in [0.1, 0.15) is 51.6 Å². The fourth-order valence-electron chi connectivity index (χ4n) is 1.88. The zero-order valence-electron chi connectivity index (χ0n) is 11.5. The molecule has 1 unspecified atom stereocenters. The van der Waals surface area contributed by atoms with Crippen LogP contribution in [0.5, 0.6) is 5.88 Å². The number of aromatic hydroxyl groups is 1. The monoisotopic (exact) mass is 254 g/mol. The highest BCUT2D eigenvalue weighted by molar-refractivity contribution is 5.23. The van der Waals surface area contributed by atoms with Gasteiger partial charge in [-0.3, -0.25) is 4.79 Å². The van der Waals surface area contributed by atoms with E-state index in [1.54, 1.807) is 0 Å². The molecule has 0 saturated carbocycles. The second kappa shape index (κ2) is 6.54. The Balaban J connectivity index is 3.14. The third kappa shape index (κ3) is 3.32. The molecule has 0 bridgehead atoms. The lowest BCUT2D eigenvalue weighted by Gasteiger charge is -2.20. The number of ether oxygens (including phenoxy) is 1. The summed E-state index contributed by atoms with van der Waals surface area (Å²) in [5.41, 5.74) is 0.0740. The Morgan fingerprint density at radius 2 is 2.06 bits per heavy atom. The predicted molar refractivity (Wildman–Crippen MR) is 69.7 cm³/mol. The van der Waals surface area contributed by atoms with Crippen molar-refractivity contribution in [1.82, 2.24) is 9.97 Å². The van der Waals surface area contributed by atoms with Gasteiger partial charge in [0.1, 0.15) is 11.9 Å². The Morgan fingerprint density at radius 1 is 1.39 bits per heavy atom. The second-order valence-corrected chi connectivity index (χ2v) is 4.62. The molecule has 0 saturated heterocycles. The molecule has 0 spiro atoms. The van der Waals surface area contributed by atoms with Crippen molar-refractivity contribution in [3.63, 3.8) is 0 Å². The van der Waals surface area contributed by atoms with Crippen LogP contribution in [0.3, 0.4) is 0 Å². The largest absolute Gasteiger partial charge is 0.493 e. The van der Waals surface area contributed by atoms with E-state index in [1.807, 2.05) is 27.7 Å². The van der Waals surface area contributed by atoms with Gasteiger partial charge < -0.3 is 14.8 Å². The zero-order valence-corrected chi connectivity index (χ0v) is 11.5. The first-order valence-corrected chi connectivity index (χ1v) is 6.44. The van der Waals surface area contributed by atoms with E-state index >= 15 is 0 Å². The number of nitrogens with zero attached hydrogens (tertiary/aromatic N) is 1. The molecule has 102 valence electrons. The molecular formula is C13H22N2O3. The standard InChI is InChI=1S/C13H22N2O3/c1-5-7-9-12(16)14-11(15-13(9)17)10(8(3)4)18-6-2/h8,10H,5-7H2,1-4H3,(H2,14,15,16,17). The minimum atomic E-state index is -0.302. The first kappa shape index (κ1) is 14.7. The fourth-order valence-corrected chi connectivity index (χ4v) is 1.88. The SMILES string of the molecule is CCCc1c(O)nc(C(OCC)C(C)C)[nH]c1=O. The zero-order chi connectivity index (χ0) is 13.7. The molecular weight excluding hydrogens is 232 g/mol. The average molecular weight is 254 g/mol. The van der Waals surface area contributed by atoms with Crippen molar-refractivity contribution in [3.8, 4) is 5.88 Å². The van der Waals surface area contributed by atoms with Crippen LogP contribution in [0, 0.1) is 5.92 Å². The minimum absolute atomic E-state index is 0.171. The maximum absolute atomic E-state index is 11.9. The van der Waals surface area contributed by atoms with Gasteiger partial charge in [0.2, 0.25) is 5.88 Å². The van der Waals surface area contributed by atoms with Crippen LogP contribution in [-0.4, -0.2) is 21.7 Å². The third-order valence-corrected chi connectivity index (χ3v) is 2.73. The van der Waals surface area contributed by atoms with Crippen LogP contribution >= 0.6 is 0 Å². The smallest absolute Gasteiger partial charge is 0.258 e. The molecule has 0 aromatic carbocycles. The Hall–Kier alpha value is -1.36. The van der Waals surface area contributed by atoms with Crippen molar-refractivity contribution in [3.05, 3.63) is 21.7 Å². The van der Waals surface area contributed by atoms with E-state index in [0.29, 0.717) is 24.4 Å². The molecule has 0 aliphatic heterocycles. The van der Waals surface area contributed by atoms with Crippen molar-refractivity contribution < 1.29 is 9.84 Å². The van der Waals surface area contributed by atoms with E-state index in [9.17, 15) is 9.90 Å². The summed E-state index contributed by atoms with van der Waals surface area (Å²) in [4.78, 5) is 18.7. The van der Waals surface area contributed by atoms with Crippen LogP contribution in [-0.2, 0) is 11.2 Å². The van der Waals surface area contributed by atoms with Crippen molar-refractivity contribution in [1.29, 1.82) is 0 Å². The average Bonchev–Trinajstić information content (AvgIpc) is 2.30. The Labute approximate surface area is 107 Å². The lowest BCUT2D eigenvalue weighted by Crippen LogP contribution is -2.22. The van der Waals surface area contributed by atoms with E-state index < -0.39 is 0 Å². The maximum Gasteiger partial charge on any atom is 0.258 e. The van der Waals surface area contributed by atoms with Gasteiger partial charge in [-0.1, -0.05) is 27.2 Å². The number of rotatable bonds is 6. The first-order chi connectivity index (χ1) is 8.51. The molecule has 0 amide bonds. The normalized spacial score (nSPS) is 12.9. The Bertz CT molecular complexity index is 440. The van der Waals surface area contributed by atoms with Crippen LogP contribution in [0.25, 0.3) is 0 Å². The van der Waals surface area contributed by atoms with Crippen molar-refractivity contribution >= 4 is 0 Å². The summed E-state index contributed by atoms with van der Waals surface area (Å²) in [5.74, 6) is 0.389. The highest BCUT2D eigenvalue weighted by atomic mass is 16.5. The number of aromatic amines is 1. The van der Waals surface area contributed by atoms with Gasteiger partial charge in [-0.25, -0.2) is 0 Å². The number of nitrogens with one attached hydrogen (secondary N) is 1. The van der Waals surface area contributed by atoms with Gasteiger partial charge >= 0.3 is 0 Å². The topological polar surface area (TPSA) is 75.2 Å². The Morgan fingerprint density at radius 3 is 2.50 bits per heavy atom. The molecule has 5 heteroatoms. The number of hydrogen-bond donors (Lipinski definition) is 2.